The Labute approximate surface area is 112 Å². The van der Waals surface area contributed by atoms with E-state index in [0.717, 1.165) is 0 Å². The first kappa shape index (κ1) is 16.3. The van der Waals surface area contributed by atoms with Gasteiger partial charge >= 0.3 is 12.1 Å². The fourth-order valence-electron chi connectivity index (χ4n) is 1.95. The Balaban J connectivity index is 2.60. The van der Waals surface area contributed by atoms with Gasteiger partial charge in [0, 0.05) is 13.0 Å². The molecule has 9 heteroatoms. The third-order valence-corrected chi connectivity index (χ3v) is 2.98. The maximum Gasteiger partial charge on any atom is 0.406 e. The van der Waals surface area contributed by atoms with Crippen LogP contribution in [0.5, 0.6) is 0 Å². The van der Waals surface area contributed by atoms with Crippen molar-refractivity contribution in [2.45, 2.75) is 32.0 Å². The van der Waals surface area contributed by atoms with Gasteiger partial charge in [-0.15, -0.1) is 0 Å². The highest BCUT2D eigenvalue weighted by Gasteiger charge is 2.41. The number of likely N-dealkylation sites (tertiary alicyclic amines) is 1. The number of alkyl halides is 3. The summed E-state index contributed by atoms with van der Waals surface area (Å²) in [7, 11) is 0. The summed E-state index contributed by atoms with van der Waals surface area (Å²) in [5.74, 6) is -3.64. The zero-order valence-corrected chi connectivity index (χ0v) is 10.7. The molecule has 0 aromatic heterocycles. The van der Waals surface area contributed by atoms with E-state index >= 15 is 0 Å². The fourth-order valence-corrected chi connectivity index (χ4v) is 1.95. The Bertz CT molecular complexity index is 411. The number of halogens is 3. The van der Waals surface area contributed by atoms with Gasteiger partial charge in [-0.1, -0.05) is 6.92 Å². The van der Waals surface area contributed by atoms with E-state index < -0.39 is 42.5 Å². The lowest BCUT2D eigenvalue weighted by Gasteiger charge is -2.19. The first-order valence-corrected chi connectivity index (χ1v) is 6.01. The first-order valence-electron chi connectivity index (χ1n) is 6.01. The molecule has 0 radical (unpaired) electrons. The molecule has 1 aliphatic rings. The highest BCUT2D eigenvalue weighted by atomic mass is 19.4. The van der Waals surface area contributed by atoms with Crippen LogP contribution in [0, 0.1) is 5.92 Å². The summed E-state index contributed by atoms with van der Waals surface area (Å²) in [6, 6.07) is -1.10. The van der Waals surface area contributed by atoms with Gasteiger partial charge < -0.3 is 15.3 Å². The summed E-state index contributed by atoms with van der Waals surface area (Å²) in [4.78, 5) is 34.4. The van der Waals surface area contributed by atoms with Gasteiger partial charge in [0.25, 0.3) is 0 Å². The number of carbonyl (C=O) groups is 3. The van der Waals surface area contributed by atoms with Crippen LogP contribution in [-0.4, -0.2) is 53.1 Å². The summed E-state index contributed by atoms with van der Waals surface area (Å²) in [5, 5.41) is 11.0. The zero-order valence-electron chi connectivity index (χ0n) is 10.7. The van der Waals surface area contributed by atoms with Crippen LogP contribution in [0.25, 0.3) is 0 Å². The lowest BCUT2D eigenvalue weighted by molar-refractivity contribution is -0.157. The molecule has 0 spiro atoms. The van der Waals surface area contributed by atoms with Crippen molar-refractivity contribution in [3.63, 3.8) is 0 Å². The molecular weight excluding hydrogens is 281 g/mol. The smallest absolute Gasteiger partial charge is 0.406 e. The molecule has 1 rings (SSSR count). The average molecular weight is 296 g/mol. The SMILES string of the molecule is CC[C@H](NC(=O)C1CC(=O)N(CC(F)(F)F)C1)C(=O)O. The number of nitrogens with zero attached hydrogens (tertiary/aromatic N) is 1. The summed E-state index contributed by atoms with van der Waals surface area (Å²) in [6.07, 6.45) is -4.71. The van der Waals surface area contributed by atoms with Crippen LogP contribution >= 0.6 is 0 Å². The van der Waals surface area contributed by atoms with Crippen molar-refractivity contribution in [1.82, 2.24) is 10.2 Å². The predicted molar refractivity (Wildman–Crippen MR) is 60.6 cm³/mol. The first-order chi connectivity index (χ1) is 9.14. The molecule has 2 N–H and O–H groups in total. The maximum absolute atomic E-state index is 12.2. The molecule has 20 heavy (non-hydrogen) atoms. The zero-order chi connectivity index (χ0) is 15.5. The fraction of sp³-hybridized carbons (Fsp3) is 0.727. The van der Waals surface area contributed by atoms with Crippen LogP contribution < -0.4 is 5.32 Å². The highest BCUT2D eigenvalue weighted by molar-refractivity contribution is 5.91. The van der Waals surface area contributed by atoms with Gasteiger partial charge in [0.05, 0.1) is 5.92 Å². The van der Waals surface area contributed by atoms with E-state index in [1.807, 2.05) is 0 Å². The second-order valence-corrected chi connectivity index (χ2v) is 4.60. The molecule has 1 aliphatic heterocycles. The Morgan fingerprint density at radius 2 is 2.10 bits per heavy atom. The van der Waals surface area contributed by atoms with E-state index in [1.165, 1.54) is 0 Å². The van der Waals surface area contributed by atoms with E-state index in [4.69, 9.17) is 5.11 Å². The minimum Gasteiger partial charge on any atom is -0.480 e. The van der Waals surface area contributed by atoms with Gasteiger partial charge in [-0.2, -0.15) is 13.2 Å². The van der Waals surface area contributed by atoms with Crippen molar-refractivity contribution in [1.29, 1.82) is 0 Å². The van der Waals surface area contributed by atoms with Crippen LogP contribution in [0.2, 0.25) is 0 Å². The van der Waals surface area contributed by atoms with E-state index in [9.17, 15) is 27.6 Å². The number of amides is 2. The van der Waals surface area contributed by atoms with Crippen LogP contribution in [0.4, 0.5) is 13.2 Å². The molecule has 6 nitrogen and oxygen atoms in total. The third kappa shape index (κ3) is 4.39. The topological polar surface area (TPSA) is 86.7 Å². The molecule has 2 atom stereocenters. The second kappa shape index (κ2) is 6.10. The van der Waals surface area contributed by atoms with E-state index in [2.05, 4.69) is 5.32 Å². The molecule has 0 saturated carbocycles. The van der Waals surface area contributed by atoms with Crippen LogP contribution in [0.3, 0.4) is 0 Å². The summed E-state index contributed by atoms with van der Waals surface area (Å²) in [6.45, 7) is -0.194. The molecule has 114 valence electrons. The highest BCUT2D eigenvalue weighted by Crippen LogP contribution is 2.24. The van der Waals surface area contributed by atoms with Crippen molar-refractivity contribution in [3.8, 4) is 0 Å². The van der Waals surface area contributed by atoms with Crippen molar-refractivity contribution in [2.75, 3.05) is 13.1 Å². The van der Waals surface area contributed by atoms with Crippen molar-refractivity contribution in [2.24, 2.45) is 5.92 Å². The summed E-state index contributed by atoms with van der Waals surface area (Å²) in [5.41, 5.74) is 0. The van der Waals surface area contributed by atoms with Crippen LogP contribution in [0.1, 0.15) is 19.8 Å². The van der Waals surface area contributed by atoms with E-state index in [1.54, 1.807) is 6.92 Å². The molecule has 2 amide bonds. The molecule has 1 heterocycles. The summed E-state index contributed by atoms with van der Waals surface area (Å²) < 4.78 is 36.6. The number of carboxylic acid groups (broad SMARTS) is 1. The lowest BCUT2D eigenvalue weighted by atomic mass is 10.1. The van der Waals surface area contributed by atoms with Crippen molar-refractivity contribution >= 4 is 17.8 Å². The molecule has 1 unspecified atom stereocenters. The number of aliphatic carboxylic acids is 1. The maximum atomic E-state index is 12.2. The van der Waals surface area contributed by atoms with Gasteiger partial charge in [0.2, 0.25) is 11.8 Å². The number of carbonyl (C=O) groups excluding carboxylic acids is 2. The monoisotopic (exact) mass is 296 g/mol. The lowest BCUT2D eigenvalue weighted by Crippen LogP contribution is -2.44. The standard InChI is InChI=1S/C11H15F3N2O4/c1-2-7(10(19)20)15-9(18)6-3-8(17)16(4-6)5-11(12,13)14/h6-7H,2-5H2,1H3,(H,15,18)(H,19,20)/t6?,7-/m0/s1. The normalized spacial score (nSPS) is 20.9. The van der Waals surface area contributed by atoms with Gasteiger partial charge in [0.1, 0.15) is 12.6 Å². The molecular formula is C11H15F3N2O4. The third-order valence-electron chi connectivity index (χ3n) is 2.98. The van der Waals surface area contributed by atoms with Gasteiger partial charge in [-0.05, 0) is 6.42 Å². The van der Waals surface area contributed by atoms with Gasteiger partial charge in [-0.3, -0.25) is 9.59 Å². The van der Waals surface area contributed by atoms with Gasteiger partial charge in [0.15, 0.2) is 0 Å². The summed E-state index contributed by atoms with van der Waals surface area (Å²) >= 11 is 0. The number of nitrogens with one attached hydrogen (secondary N) is 1. The second-order valence-electron chi connectivity index (χ2n) is 4.60. The number of rotatable bonds is 5. The van der Waals surface area contributed by atoms with Crippen LogP contribution in [0.15, 0.2) is 0 Å². The average Bonchev–Trinajstić information content (AvgIpc) is 2.65. The van der Waals surface area contributed by atoms with E-state index in [0.29, 0.717) is 4.90 Å². The van der Waals surface area contributed by atoms with Gasteiger partial charge in [-0.25, -0.2) is 4.79 Å². The largest absolute Gasteiger partial charge is 0.480 e. The molecule has 1 fully saturated rings. The Morgan fingerprint density at radius 3 is 2.55 bits per heavy atom. The van der Waals surface area contributed by atoms with Crippen molar-refractivity contribution in [3.05, 3.63) is 0 Å². The number of hydrogen-bond donors (Lipinski definition) is 2. The molecule has 0 aliphatic carbocycles. The molecule has 0 aromatic carbocycles. The Hall–Kier alpha value is -1.80. The number of carboxylic acids is 1. The van der Waals surface area contributed by atoms with E-state index in [-0.39, 0.29) is 19.4 Å². The molecule has 1 saturated heterocycles. The quantitative estimate of drug-likeness (QED) is 0.767. The molecule has 0 aromatic rings. The van der Waals surface area contributed by atoms with Crippen LogP contribution in [-0.2, 0) is 14.4 Å². The Kier molecular flexibility index (Phi) is 4.96. The van der Waals surface area contributed by atoms with Crippen molar-refractivity contribution < 1.29 is 32.7 Å². The Morgan fingerprint density at radius 1 is 1.50 bits per heavy atom. The predicted octanol–water partition coefficient (Wildman–Crippen LogP) is 0.377. The molecule has 0 bridgehead atoms. The minimum absolute atomic E-state index is 0.147. The minimum atomic E-state index is -4.52. The number of hydrogen-bond acceptors (Lipinski definition) is 3.